The van der Waals surface area contributed by atoms with Gasteiger partial charge in [0.15, 0.2) is 8.32 Å². The molecule has 0 heterocycles. The molecule has 1 aliphatic rings. The second-order valence-corrected chi connectivity index (χ2v) is 12.5. The Morgan fingerprint density at radius 3 is 2.42 bits per heavy atom. The summed E-state index contributed by atoms with van der Waals surface area (Å²) < 4.78 is 10.9. The first-order chi connectivity index (χ1) is 10.9. The summed E-state index contributed by atoms with van der Waals surface area (Å²) in [4.78, 5) is 26.6. The van der Waals surface area contributed by atoms with E-state index in [4.69, 9.17) is 9.96 Å². The number of methoxy groups -OCH3 is 1. The third kappa shape index (κ3) is 4.50. The Bertz CT molecular complexity index is 586. The monoisotopic (exact) mass is 352 g/mol. The molecule has 1 saturated carbocycles. The predicted octanol–water partition coefficient (Wildman–Crippen LogP) is 3.15. The molecule has 2 atom stereocenters. The van der Waals surface area contributed by atoms with E-state index in [0.717, 1.165) is 25.5 Å². The lowest BCUT2D eigenvalue weighted by molar-refractivity contribution is -0.139. The Morgan fingerprint density at radius 1 is 1.38 bits per heavy atom. The molecule has 0 aromatic rings. The molecular formula is C17H28N2O4Si. The van der Waals surface area contributed by atoms with Gasteiger partial charge in [-0.25, -0.2) is 4.79 Å². The third-order valence-electron chi connectivity index (χ3n) is 5.12. The van der Waals surface area contributed by atoms with E-state index in [-0.39, 0.29) is 23.5 Å². The quantitative estimate of drug-likeness (QED) is 0.140. The molecule has 0 aliphatic heterocycles. The molecule has 0 saturated heterocycles. The van der Waals surface area contributed by atoms with Crippen LogP contribution in [0.4, 0.5) is 0 Å². The minimum atomic E-state index is -1.98. The molecule has 134 valence electrons. The fraction of sp³-hybridized carbons (Fsp3) is 0.706. The number of carbonyl (C=O) groups is 2. The van der Waals surface area contributed by atoms with Gasteiger partial charge in [-0.3, -0.25) is 4.79 Å². The first kappa shape index (κ1) is 20.5. The zero-order chi connectivity index (χ0) is 18.7. The van der Waals surface area contributed by atoms with Crippen LogP contribution in [0, 0.1) is 5.92 Å². The number of hydrogen-bond donors (Lipinski definition) is 0. The summed E-state index contributed by atoms with van der Waals surface area (Å²) in [7, 11) is -0.843. The summed E-state index contributed by atoms with van der Waals surface area (Å²) >= 11 is 0. The number of carbonyl (C=O) groups excluding carboxylic acids is 2. The number of Topliss-reactive ketones (excluding diaryl/α,β-unsaturated/α-hetero) is 1. The molecule has 0 bridgehead atoms. The van der Waals surface area contributed by atoms with E-state index in [0.29, 0.717) is 0 Å². The number of rotatable bonds is 6. The van der Waals surface area contributed by atoms with Crippen LogP contribution in [0.5, 0.6) is 0 Å². The molecule has 0 spiro atoms. The van der Waals surface area contributed by atoms with Gasteiger partial charge in [0, 0.05) is 12.3 Å². The van der Waals surface area contributed by atoms with Crippen LogP contribution in [-0.4, -0.2) is 43.8 Å². The molecule has 1 rings (SSSR count). The van der Waals surface area contributed by atoms with Crippen LogP contribution in [0.1, 0.15) is 40.0 Å². The van der Waals surface area contributed by atoms with Crippen molar-refractivity contribution >= 4 is 25.8 Å². The molecule has 1 aliphatic carbocycles. The van der Waals surface area contributed by atoms with Crippen LogP contribution < -0.4 is 0 Å². The lowest BCUT2D eigenvalue weighted by atomic mass is 9.94. The summed E-state index contributed by atoms with van der Waals surface area (Å²) in [5.74, 6) is -1.66. The van der Waals surface area contributed by atoms with Crippen molar-refractivity contribution in [3.8, 4) is 0 Å². The Kier molecular flexibility index (Phi) is 6.44. The van der Waals surface area contributed by atoms with E-state index in [1.165, 1.54) is 0 Å². The van der Waals surface area contributed by atoms with Crippen LogP contribution in [0.3, 0.4) is 0 Å². The molecule has 0 N–H and O–H groups in total. The summed E-state index contributed by atoms with van der Waals surface area (Å²) in [6, 6.07) is 0. The van der Waals surface area contributed by atoms with Crippen molar-refractivity contribution in [3.63, 3.8) is 0 Å². The molecule has 0 aromatic heterocycles. The van der Waals surface area contributed by atoms with Crippen LogP contribution in [-0.2, 0) is 18.8 Å². The van der Waals surface area contributed by atoms with Gasteiger partial charge in [-0.2, -0.15) is 4.79 Å². The lowest BCUT2D eigenvalue weighted by Gasteiger charge is -2.39. The predicted molar refractivity (Wildman–Crippen MR) is 94.2 cm³/mol. The van der Waals surface area contributed by atoms with Crippen molar-refractivity contribution < 1.29 is 23.5 Å². The van der Waals surface area contributed by atoms with E-state index in [1.807, 2.05) is 0 Å². The molecule has 7 heteroatoms. The van der Waals surface area contributed by atoms with Gasteiger partial charge in [-0.05, 0) is 31.0 Å². The summed E-state index contributed by atoms with van der Waals surface area (Å²) in [5, 5.41) is 0.0647. The number of ketones is 1. The summed E-state index contributed by atoms with van der Waals surface area (Å²) in [6.07, 6.45) is 1.54. The molecule has 1 fully saturated rings. The number of esters is 1. The molecule has 6 nitrogen and oxygen atoms in total. The fourth-order valence-corrected chi connectivity index (χ4v) is 3.95. The number of nitrogens with zero attached hydrogens (tertiary/aromatic N) is 2. The van der Waals surface area contributed by atoms with E-state index in [9.17, 15) is 9.59 Å². The Labute approximate surface area is 145 Å². The van der Waals surface area contributed by atoms with Crippen molar-refractivity contribution in [1.29, 1.82) is 0 Å². The van der Waals surface area contributed by atoms with Crippen molar-refractivity contribution in [2.24, 2.45) is 5.92 Å². The first-order valence-corrected chi connectivity index (χ1v) is 11.0. The Morgan fingerprint density at radius 2 is 1.96 bits per heavy atom. The van der Waals surface area contributed by atoms with Gasteiger partial charge < -0.3 is 14.7 Å². The Hall–Kier alpha value is -1.56. The first-order valence-electron chi connectivity index (χ1n) is 8.13. The molecule has 24 heavy (non-hydrogen) atoms. The second kappa shape index (κ2) is 7.55. The third-order valence-corrected chi connectivity index (χ3v) is 9.63. The van der Waals surface area contributed by atoms with Crippen molar-refractivity contribution in [2.45, 2.75) is 64.3 Å². The molecule has 0 aromatic carbocycles. The van der Waals surface area contributed by atoms with Crippen LogP contribution in [0.2, 0.25) is 18.1 Å². The van der Waals surface area contributed by atoms with Crippen LogP contribution in [0.15, 0.2) is 12.2 Å². The normalized spacial score (nSPS) is 21.3. The second-order valence-electron chi connectivity index (χ2n) is 7.79. The smallest absolute Gasteiger partial charge is 0.441 e. The molecule has 0 amide bonds. The maximum Gasteiger partial charge on any atom is 0.441 e. The van der Waals surface area contributed by atoms with Gasteiger partial charge in [0.25, 0.3) is 5.78 Å². The summed E-state index contributed by atoms with van der Waals surface area (Å²) in [6.45, 7) is 14.9. The van der Waals surface area contributed by atoms with Gasteiger partial charge in [0.2, 0.25) is 0 Å². The topological polar surface area (TPSA) is 89.0 Å². The highest BCUT2D eigenvalue weighted by molar-refractivity contribution is 6.74. The zero-order valence-corrected chi connectivity index (χ0v) is 16.5. The fourth-order valence-electron chi connectivity index (χ4n) is 2.55. The zero-order valence-electron chi connectivity index (χ0n) is 15.5. The minimum absolute atomic E-state index is 0.0343. The lowest BCUT2D eigenvalue weighted by Crippen LogP contribution is -2.45. The van der Waals surface area contributed by atoms with Gasteiger partial charge >= 0.3 is 11.7 Å². The van der Waals surface area contributed by atoms with Crippen LogP contribution in [0.25, 0.3) is 5.53 Å². The van der Waals surface area contributed by atoms with E-state index >= 15 is 0 Å². The Balaban J connectivity index is 2.92. The average Bonchev–Trinajstić information content (AvgIpc) is 2.79. The van der Waals surface area contributed by atoms with Gasteiger partial charge in [-0.15, -0.1) is 0 Å². The molecule has 0 radical (unpaired) electrons. The van der Waals surface area contributed by atoms with E-state index in [1.54, 1.807) is 0 Å². The van der Waals surface area contributed by atoms with Crippen LogP contribution >= 0.6 is 0 Å². The van der Waals surface area contributed by atoms with E-state index < -0.39 is 25.8 Å². The SMILES string of the molecule is C=C1CC[C@H](O[Si](C)(C)C(C)(C)C)[C@H]1CC(=O)C(=[N+]=[N-])C(=O)OC. The summed E-state index contributed by atoms with van der Waals surface area (Å²) in [5.41, 5.74) is 9.28. The van der Waals surface area contributed by atoms with Crippen molar-refractivity contribution in [2.75, 3.05) is 7.11 Å². The van der Waals surface area contributed by atoms with Crippen molar-refractivity contribution in [3.05, 3.63) is 17.7 Å². The largest absolute Gasteiger partial charge is 0.460 e. The van der Waals surface area contributed by atoms with Gasteiger partial charge in [0.1, 0.15) is 0 Å². The molecular weight excluding hydrogens is 324 g/mol. The highest BCUT2D eigenvalue weighted by Crippen LogP contribution is 2.42. The highest BCUT2D eigenvalue weighted by atomic mass is 28.4. The van der Waals surface area contributed by atoms with Gasteiger partial charge in [-0.1, -0.05) is 32.9 Å². The van der Waals surface area contributed by atoms with E-state index in [2.05, 4.69) is 50.0 Å². The number of ether oxygens (including phenoxy) is 1. The maximum absolute atomic E-state index is 12.3. The molecule has 0 unspecified atom stereocenters. The standard InChI is InChI=1S/C17H28N2O4Si/c1-11-8-9-14(23-24(6,7)17(2,3)4)12(11)10-13(20)15(19-18)16(21)22-5/h12,14H,1,8-10H2,2-7H3/t12-,14-/m0/s1. The minimum Gasteiger partial charge on any atom is -0.460 e. The maximum atomic E-state index is 12.3. The number of hydrogen-bond acceptors (Lipinski definition) is 4. The van der Waals surface area contributed by atoms with Crippen molar-refractivity contribution in [1.82, 2.24) is 0 Å². The van der Waals surface area contributed by atoms with Gasteiger partial charge in [0.05, 0.1) is 13.2 Å². The highest BCUT2D eigenvalue weighted by Gasteiger charge is 2.44. The average molecular weight is 353 g/mol.